The maximum atomic E-state index is 5.95. The van der Waals surface area contributed by atoms with Crippen LogP contribution in [0.5, 0.6) is 0 Å². The molecule has 0 bridgehead atoms. The molecule has 0 radical (unpaired) electrons. The molecular formula is C18H17ClN5+. The number of benzene rings is 2. The van der Waals surface area contributed by atoms with Crippen molar-refractivity contribution in [2.45, 2.75) is 0 Å². The van der Waals surface area contributed by atoms with Gasteiger partial charge in [-0.25, -0.2) is 4.99 Å². The molecule has 0 saturated carbocycles. The highest BCUT2D eigenvalue weighted by Crippen LogP contribution is 2.20. The van der Waals surface area contributed by atoms with Gasteiger partial charge in [0.25, 0.3) is 0 Å². The highest BCUT2D eigenvalue weighted by molar-refractivity contribution is 6.30. The van der Waals surface area contributed by atoms with Crippen molar-refractivity contribution in [1.29, 1.82) is 0 Å². The van der Waals surface area contributed by atoms with Crippen molar-refractivity contribution in [2.24, 2.45) is 10.7 Å². The minimum atomic E-state index is 0.250. The fraction of sp³-hybridized carbons (Fsp3) is 0. The van der Waals surface area contributed by atoms with Crippen molar-refractivity contribution in [2.75, 3.05) is 0 Å². The second kappa shape index (κ2) is 7.02. The summed E-state index contributed by atoms with van der Waals surface area (Å²) in [5, 5.41) is 0.691. The topological polar surface area (TPSA) is 58.4 Å². The number of hydrazine groups is 1. The van der Waals surface area contributed by atoms with E-state index in [4.69, 9.17) is 17.3 Å². The maximum absolute atomic E-state index is 5.95. The number of para-hydroxylation sites is 1. The number of hydrogen-bond acceptors (Lipinski definition) is 1. The smallest absolute Gasteiger partial charge is 0.309 e. The van der Waals surface area contributed by atoms with E-state index in [1.54, 1.807) is 4.68 Å². The van der Waals surface area contributed by atoms with E-state index in [9.17, 15) is 0 Å². The summed E-state index contributed by atoms with van der Waals surface area (Å²) in [6.45, 7) is 3.98. The summed E-state index contributed by atoms with van der Waals surface area (Å²) >= 11 is 5.94. The van der Waals surface area contributed by atoms with Gasteiger partial charge in [0, 0.05) is 11.1 Å². The van der Waals surface area contributed by atoms with Gasteiger partial charge in [0.2, 0.25) is 5.96 Å². The molecule has 0 saturated heterocycles. The zero-order valence-electron chi connectivity index (χ0n) is 12.9. The highest BCUT2D eigenvalue weighted by Gasteiger charge is 2.15. The first kappa shape index (κ1) is 15.8. The van der Waals surface area contributed by atoms with Gasteiger partial charge in [0.1, 0.15) is 5.69 Å². The lowest BCUT2D eigenvalue weighted by Gasteiger charge is -2.08. The van der Waals surface area contributed by atoms with Crippen LogP contribution in [0, 0.1) is 0 Å². The fourth-order valence-electron chi connectivity index (χ4n) is 2.27. The monoisotopic (exact) mass is 338 g/mol. The van der Waals surface area contributed by atoms with E-state index in [0.29, 0.717) is 5.02 Å². The molecule has 24 heavy (non-hydrogen) atoms. The first-order valence-corrected chi connectivity index (χ1v) is 7.71. The predicted octanol–water partition coefficient (Wildman–Crippen LogP) is 3.63. The number of halogens is 1. The Morgan fingerprint density at radius 1 is 1.04 bits per heavy atom. The molecule has 120 valence electrons. The lowest BCUT2D eigenvalue weighted by Crippen LogP contribution is -2.37. The van der Waals surface area contributed by atoms with E-state index in [1.165, 1.54) is 0 Å². The largest absolute Gasteiger partial charge is 0.367 e. The Bertz CT molecular complexity index is 866. The lowest BCUT2D eigenvalue weighted by atomic mass is 10.3. The van der Waals surface area contributed by atoms with Gasteiger partial charge in [-0.2, -0.15) is 9.99 Å². The van der Waals surface area contributed by atoms with Crippen LogP contribution in [0.15, 0.2) is 77.9 Å². The molecular weight excluding hydrogens is 322 g/mol. The van der Waals surface area contributed by atoms with Crippen LogP contribution in [0.2, 0.25) is 5.02 Å². The summed E-state index contributed by atoms with van der Waals surface area (Å²) in [6, 6.07) is 20.9. The Labute approximate surface area is 145 Å². The summed E-state index contributed by atoms with van der Waals surface area (Å²) in [5.74, 6) is 1.06. The number of nitrogens with two attached hydrogens (primary N) is 1. The molecule has 0 spiro atoms. The van der Waals surface area contributed by atoms with Gasteiger partial charge in [-0.3, -0.25) is 0 Å². The van der Waals surface area contributed by atoms with Crippen molar-refractivity contribution >= 4 is 35.8 Å². The zero-order chi connectivity index (χ0) is 16.9. The fourth-order valence-corrected chi connectivity index (χ4v) is 2.40. The average molecular weight is 339 g/mol. The van der Waals surface area contributed by atoms with Gasteiger partial charge < -0.3 is 5.73 Å². The van der Waals surface area contributed by atoms with Crippen molar-refractivity contribution in [3.05, 3.63) is 77.9 Å². The summed E-state index contributed by atoms with van der Waals surface area (Å²) in [4.78, 5) is 4.30. The normalized spacial score (nSPS) is 11.3. The predicted molar refractivity (Wildman–Crippen MR) is 98.7 cm³/mol. The van der Waals surface area contributed by atoms with Crippen LogP contribution >= 0.6 is 11.6 Å². The van der Waals surface area contributed by atoms with E-state index in [-0.39, 0.29) is 5.96 Å². The SMILES string of the molecule is C=[N+](NC(N)=Nc1ccccc1)c1cccn1-c1ccc(Cl)cc1. The Morgan fingerprint density at radius 3 is 2.46 bits per heavy atom. The van der Waals surface area contributed by atoms with Crippen molar-refractivity contribution in [1.82, 2.24) is 9.99 Å². The summed E-state index contributed by atoms with van der Waals surface area (Å²) in [5.41, 5.74) is 10.6. The molecule has 5 nitrogen and oxygen atoms in total. The number of hydrazone groups is 1. The molecule has 3 N–H and O–H groups in total. The van der Waals surface area contributed by atoms with Crippen molar-refractivity contribution in [3.63, 3.8) is 0 Å². The summed E-state index contributed by atoms with van der Waals surface area (Å²) in [7, 11) is 0. The highest BCUT2D eigenvalue weighted by atomic mass is 35.5. The number of rotatable bonds is 4. The van der Waals surface area contributed by atoms with E-state index >= 15 is 0 Å². The third-order valence-electron chi connectivity index (χ3n) is 3.36. The van der Waals surface area contributed by atoms with Gasteiger partial charge >= 0.3 is 5.82 Å². The van der Waals surface area contributed by atoms with Crippen molar-refractivity contribution in [3.8, 4) is 5.69 Å². The molecule has 0 fully saturated rings. The molecule has 6 heteroatoms. The molecule has 3 rings (SSSR count). The zero-order valence-corrected chi connectivity index (χ0v) is 13.7. The Balaban J connectivity index is 1.80. The van der Waals surface area contributed by atoms with Gasteiger partial charge in [0.15, 0.2) is 0 Å². The Kier molecular flexibility index (Phi) is 4.63. The lowest BCUT2D eigenvalue weighted by molar-refractivity contribution is -0.483. The molecule has 0 amide bonds. The summed E-state index contributed by atoms with van der Waals surface area (Å²) < 4.78 is 3.53. The minimum Gasteiger partial charge on any atom is -0.367 e. The van der Waals surface area contributed by atoms with Crippen molar-refractivity contribution < 1.29 is 4.68 Å². The number of hydrogen-bond donors (Lipinski definition) is 2. The minimum absolute atomic E-state index is 0.250. The molecule has 1 heterocycles. The van der Waals surface area contributed by atoms with E-state index in [0.717, 1.165) is 17.2 Å². The molecule has 0 aliphatic heterocycles. The number of nitrogens with one attached hydrogen (secondary N) is 1. The van der Waals surface area contributed by atoms with Crippen LogP contribution in [0.3, 0.4) is 0 Å². The molecule has 0 aliphatic rings. The number of aliphatic imine (C=N–C) groups is 1. The Morgan fingerprint density at radius 2 is 1.75 bits per heavy atom. The van der Waals surface area contributed by atoms with E-state index in [1.807, 2.05) is 77.5 Å². The third kappa shape index (κ3) is 3.64. The first-order valence-electron chi connectivity index (χ1n) is 7.33. The van der Waals surface area contributed by atoms with E-state index < -0.39 is 0 Å². The van der Waals surface area contributed by atoms with Gasteiger partial charge in [-0.05, 0) is 42.5 Å². The second-order valence-corrected chi connectivity index (χ2v) is 5.52. The molecule has 1 aromatic heterocycles. The van der Waals surface area contributed by atoms with Crippen LogP contribution in [-0.4, -0.2) is 21.9 Å². The van der Waals surface area contributed by atoms with Gasteiger partial charge in [-0.1, -0.05) is 29.8 Å². The molecule has 2 aromatic carbocycles. The molecule has 0 unspecified atom stereocenters. The van der Waals surface area contributed by atoms with Gasteiger partial charge in [-0.15, -0.1) is 4.68 Å². The molecule has 0 atom stereocenters. The van der Waals surface area contributed by atoms with Crippen LogP contribution in [0.25, 0.3) is 5.69 Å². The second-order valence-electron chi connectivity index (χ2n) is 5.09. The third-order valence-corrected chi connectivity index (χ3v) is 3.62. The Hall–Kier alpha value is -3.05. The summed E-state index contributed by atoms with van der Waals surface area (Å²) in [6.07, 6.45) is 1.93. The van der Waals surface area contributed by atoms with E-state index in [2.05, 4.69) is 17.1 Å². The van der Waals surface area contributed by atoms with Gasteiger partial charge in [0.05, 0.1) is 18.6 Å². The maximum Gasteiger partial charge on any atom is 0.309 e. The quantitative estimate of drug-likeness (QED) is 0.330. The standard InChI is InChI=1S/C18H17ClN5/c1-23(22-18(20)21-15-6-3-2-4-7-15)17-8-5-13-24(17)16-11-9-14(19)10-12-16/h2-13H,1H2,(H3,20,21,22)/q+1. The van der Waals surface area contributed by atoms with Crippen LogP contribution < -0.4 is 11.2 Å². The van der Waals surface area contributed by atoms with Crippen LogP contribution in [0.4, 0.5) is 11.5 Å². The van der Waals surface area contributed by atoms with Crippen LogP contribution in [-0.2, 0) is 0 Å². The number of nitrogens with zero attached hydrogens (tertiary/aromatic N) is 3. The number of guanidine groups is 1. The molecule has 0 aliphatic carbocycles. The molecule has 3 aromatic rings. The number of aromatic nitrogens is 1. The first-order chi connectivity index (χ1) is 11.6. The average Bonchev–Trinajstić information content (AvgIpc) is 3.06. The van der Waals surface area contributed by atoms with Crippen LogP contribution in [0.1, 0.15) is 0 Å².